The summed E-state index contributed by atoms with van der Waals surface area (Å²) in [7, 11) is 1.78. The zero-order valence-electron chi connectivity index (χ0n) is 21.2. The maximum atomic E-state index is 13.6. The monoisotopic (exact) mass is 540 g/mol. The second-order valence-electron chi connectivity index (χ2n) is 8.87. The minimum atomic E-state index is -0.311. The molecular formula is C28H30Cl2N4O3. The summed E-state index contributed by atoms with van der Waals surface area (Å²) in [4.78, 5) is 35.9. The van der Waals surface area contributed by atoms with Gasteiger partial charge in [-0.25, -0.2) is 0 Å². The molecule has 0 saturated carbocycles. The Hall–Kier alpha value is -3.13. The Bertz CT molecular complexity index is 1250. The van der Waals surface area contributed by atoms with Crippen LogP contribution in [0.15, 0.2) is 60.9 Å². The van der Waals surface area contributed by atoms with E-state index >= 15 is 0 Å². The van der Waals surface area contributed by atoms with Crippen LogP contribution in [0.1, 0.15) is 25.5 Å². The number of pyridine rings is 1. The summed E-state index contributed by atoms with van der Waals surface area (Å²) < 4.78 is 5.52. The molecule has 37 heavy (non-hydrogen) atoms. The number of anilines is 1. The Kier molecular flexibility index (Phi) is 8.69. The second kappa shape index (κ2) is 11.9. The van der Waals surface area contributed by atoms with Crippen LogP contribution < -0.4 is 9.64 Å². The van der Waals surface area contributed by atoms with E-state index in [-0.39, 0.29) is 36.0 Å². The molecule has 2 amide bonds. The van der Waals surface area contributed by atoms with E-state index in [1.165, 1.54) is 4.90 Å². The Morgan fingerprint density at radius 3 is 2.43 bits per heavy atom. The van der Waals surface area contributed by atoms with Gasteiger partial charge in [-0.2, -0.15) is 0 Å². The van der Waals surface area contributed by atoms with Crippen molar-refractivity contribution in [3.05, 3.63) is 76.5 Å². The lowest BCUT2D eigenvalue weighted by molar-refractivity contribution is -0.133. The van der Waals surface area contributed by atoms with Gasteiger partial charge in [0.15, 0.2) is 6.61 Å². The Morgan fingerprint density at radius 1 is 1.08 bits per heavy atom. The molecular weight excluding hydrogens is 511 g/mol. The SMILES string of the molecule is CCN(CC)CC(c1ccc(-c2cccnc2)cc1)N(C)C(=O)CN1C(=O)COc2cc(Cl)c(Cl)cc21. The van der Waals surface area contributed by atoms with Crippen LogP contribution in [0.5, 0.6) is 5.75 Å². The second-order valence-corrected chi connectivity index (χ2v) is 9.69. The number of aromatic nitrogens is 1. The van der Waals surface area contributed by atoms with Crippen LogP contribution in [0.3, 0.4) is 0 Å². The molecule has 7 nitrogen and oxygen atoms in total. The number of carbonyl (C=O) groups excluding carboxylic acids is 2. The highest BCUT2D eigenvalue weighted by molar-refractivity contribution is 6.42. The van der Waals surface area contributed by atoms with Crippen molar-refractivity contribution in [1.29, 1.82) is 0 Å². The van der Waals surface area contributed by atoms with E-state index in [4.69, 9.17) is 27.9 Å². The fourth-order valence-electron chi connectivity index (χ4n) is 4.40. The third-order valence-corrected chi connectivity index (χ3v) is 7.44. The van der Waals surface area contributed by atoms with Crippen LogP contribution in [0.2, 0.25) is 10.0 Å². The third-order valence-electron chi connectivity index (χ3n) is 6.72. The molecule has 2 heterocycles. The van der Waals surface area contributed by atoms with Crippen molar-refractivity contribution < 1.29 is 14.3 Å². The lowest BCUT2D eigenvalue weighted by atomic mass is 10.00. The maximum absolute atomic E-state index is 13.6. The van der Waals surface area contributed by atoms with Crippen molar-refractivity contribution in [3.8, 4) is 16.9 Å². The zero-order chi connectivity index (χ0) is 26.5. The van der Waals surface area contributed by atoms with Gasteiger partial charge in [0.05, 0.1) is 21.8 Å². The molecule has 0 aliphatic carbocycles. The van der Waals surface area contributed by atoms with Crippen LogP contribution >= 0.6 is 23.2 Å². The number of rotatable bonds is 9. The van der Waals surface area contributed by atoms with Gasteiger partial charge >= 0.3 is 0 Å². The van der Waals surface area contributed by atoms with Crippen molar-refractivity contribution in [2.45, 2.75) is 19.9 Å². The van der Waals surface area contributed by atoms with E-state index in [9.17, 15) is 9.59 Å². The number of hydrogen-bond acceptors (Lipinski definition) is 5. The molecule has 1 unspecified atom stereocenters. The van der Waals surface area contributed by atoms with Crippen molar-refractivity contribution >= 4 is 40.7 Å². The van der Waals surface area contributed by atoms with Crippen LogP contribution in [0.4, 0.5) is 5.69 Å². The van der Waals surface area contributed by atoms with E-state index in [1.807, 2.05) is 30.5 Å². The molecule has 0 spiro atoms. The molecule has 194 valence electrons. The van der Waals surface area contributed by atoms with Gasteiger partial charge in [-0.3, -0.25) is 19.5 Å². The highest BCUT2D eigenvalue weighted by Crippen LogP contribution is 2.39. The number of carbonyl (C=O) groups is 2. The van der Waals surface area contributed by atoms with Crippen LogP contribution in [0.25, 0.3) is 11.1 Å². The first-order valence-corrected chi connectivity index (χ1v) is 13.0. The molecule has 1 aromatic heterocycles. The smallest absolute Gasteiger partial charge is 0.265 e. The van der Waals surface area contributed by atoms with E-state index in [0.29, 0.717) is 23.0 Å². The highest BCUT2D eigenvalue weighted by atomic mass is 35.5. The van der Waals surface area contributed by atoms with Gasteiger partial charge in [0.1, 0.15) is 12.3 Å². The fraction of sp³-hybridized carbons (Fsp3) is 0.321. The number of nitrogens with zero attached hydrogens (tertiary/aromatic N) is 4. The van der Waals surface area contributed by atoms with Crippen molar-refractivity contribution in [2.75, 3.05) is 44.7 Å². The largest absolute Gasteiger partial charge is 0.482 e. The number of hydrogen-bond donors (Lipinski definition) is 0. The molecule has 0 fully saturated rings. The minimum absolute atomic E-state index is 0.133. The Morgan fingerprint density at radius 2 is 1.78 bits per heavy atom. The summed E-state index contributed by atoms with van der Waals surface area (Å²) in [6.45, 7) is 6.29. The first kappa shape index (κ1) is 26.9. The van der Waals surface area contributed by atoms with Gasteiger partial charge in [-0.1, -0.05) is 67.4 Å². The van der Waals surface area contributed by atoms with Gasteiger partial charge in [0, 0.05) is 32.1 Å². The van der Waals surface area contributed by atoms with Crippen molar-refractivity contribution in [2.24, 2.45) is 0 Å². The van der Waals surface area contributed by atoms with E-state index < -0.39 is 0 Å². The number of ether oxygens (including phenoxy) is 1. The first-order chi connectivity index (χ1) is 17.8. The van der Waals surface area contributed by atoms with Crippen LogP contribution in [-0.2, 0) is 9.59 Å². The normalized spacial score (nSPS) is 13.8. The minimum Gasteiger partial charge on any atom is -0.482 e. The summed E-state index contributed by atoms with van der Waals surface area (Å²) in [5.41, 5.74) is 3.54. The lowest BCUT2D eigenvalue weighted by Gasteiger charge is -2.35. The topological polar surface area (TPSA) is 66.0 Å². The van der Waals surface area contributed by atoms with Crippen molar-refractivity contribution in [3.63, 3.8) is 0 Å². The summed E-state index contributed by atoms with van der Waals surface area (Å²) in [6.07, 6.45) is 3.58. The number of amides is 2. The molecule has 0 saturated heterocycles. The van der Waals surface area contributed by atoms with E-state index in [2.05, 4.69) is 35.9 Å². The molecule has 1 aliphatic heterocycles. The molecule has 0 bridgehead atoms. The van der Waals surface area contributed by atoms with Gasteiger partial charge < -0.3 is 14.5 Å². The quantitative estimate of drug-likeness (QED) is 0.367. The standard InChI is InChI=1S/C28H30Cl2N4O3/c1-4-33(5-2)16-25(20-10-8-19(9-11-20)21-7-6-12-31-15-21)32(3)27(35)17-34-24-13-22(29)23(30)14-26(24)37-18-28(34)36/h6-15,25H,4-5,16-18H2,1-3H3. The van der Waals surface area contributed by atoms with E-state index in [1.54, 1.807) is 30.3 Å². The molecule has 0 radical (unpaired) electrons. The summed E-state index contributed by atoms with van der Waals surface area (Å²) >= 11 is 12.3. The Balaban J connectivity index is 1.59. The molecule has 4 rings (SSSR count). The molecule has 9 heteroatoms. The average Bonchev–Trinajstić information content (AvgIpc) is 2.92. The summed E-state index contributed by atoms with van der Waals surface area (Å²) in [5, 5.41) is 0.616. The maximum Gasteiger partial charge on any atom is 0.265 e. The third kappa shape index (κ3) is 6.06. The molecule has 2 aromatic carbocycles. The van der Waals surface area contributed by atoms with Gasteiger partial charge in [-0.05, 0) is 41.9 Å². The lowest BCUT2D eigenvalue weighted by Crippen LogP contribution is -2.47. The van der Waals surface area contributed by atoms with Crippen LogP contribution in [0, 0.1) is 0 Å². The highest BCUT2D eigenvalue weighted by Gasteiger charge is 2.31. The predicted octanol–water partition coefficient (Wildman–Crippen LogP) is 5.32. The summed E-state index contributed by atoms with van der Waals surface area (Å²) in [6, 6.07) is 15.1. The average molecular weight is 541 g/mol. The van der Waals surface area contributed by atoms with Crippen molar-refractivity contribution in [1.82, 2.24) is 14.8 Å². The molecule has 1 atom stereocenters. The number of benzene rings is 2. The van der Waals surface area contributed by atoms with Gasteiger partial charge in [0.25, 0.3) is 5.91 Å². The number of halogens is 2. The van der Waals surface area contributed by atoms with Gasteiger partial charge in [0.2, 0.25) is 5.91 Å². The number of likely N-dealkylation sites (N-methyl/N-ethyl adjacent to an activating group) is 2. The van der Waals surface area contributed by atoms with Gasteiger partial charge in [-0.15, -0.1) is 0 Å². The Labute approximate surface area is 227 Å². The van der Waals surface area contributed by atoms with E-state index in [0.717, 1.165) is 29.8 Å². The molecule has 0 N–H and O–H groups in total. The summed E-state index contributed by atoms with van der Waals surface area (Å²) in [5.74, 6) is -0.0790. The predicted molar refractivity (Wildman–Crippen MR) is 147 cm³/mol. The first-order valence-electron chi connectivity index (χ1n) is 12.2. The number of fused-ring (bicyclic) bond motifs is 1. The van der Waals surface area contributed by atoms with Crippen LogP contribution in [-0.4, -0.2) is 66.4 Å². The fourth-order valence-corrected chi connectivity index (χ4v) is 4.71. The molecule has 3 aromatic rings. The zero-order valence-corrected chi connectivity index (χ0v) is 22.7. The molecule has 1 aliphatic rings.